The van der Waals surface area contributed by atoms with E-state index in [1.807, 2.05) is 38.1 Å². The first-order valence-corrected chi connectivity index (χ1v) is 7.47. The van der Waals surface area contributed by atoms with E-state index in [0.29, 0.717) is 10.0 Å². The fourth-order valence-corrected chi connectivity index (χ4v) is 2.78. The number of thiocarbonyl (C=S) groups is 1. The minimum absolute atomic E-state index is 0.315. The van der Waals surface area contributed by atoms with Crippen LogP contribution in [0.1, 0.15) is 17.0 Å². The second-order valence-corrected chi connectivity index (χ2v) is 6.00. The molecule has 0 spiro atoms. The molecule has 1 aromatic carbocycles. The average molecular weight is 371 g/mol. The van der Waals surface area contributed by atoms with Gasteiger partial charge in [0.15, 0.2) is 0 Å². The van der Waals surface area contributed by atoms with E-state index in [9.17, 15) is 0 Å². The van der Waals surface area contributed by atoms with Gasteiger partial charge in [0.2, 0.25) is 0 Å². The summed E-state index contributed by atoms with van der Waals surface area (Å²) in [7, 11) is 0. The zero-order valence-corrected chi connectivity index (χ0v) is 14.2. The van der Waals surface area contributed by atoms with E-state index in [2.05, 4.69) is 26.2 Å². The molecule has 0 amide bonds. The van der Waals surface area contributed by atoms with Crippen LogP contribution >= 0.6 is 39.7 Å². The minimum atomic E-state index is 0.315. The molecule has 0 saturated carbocycles. The Morgan fingerprint density at radius 2 is 2.05 bits per heavy atom. The van der Waals surface area contributed by atoms with Gasteiger partial charge in [0.1, 0.15) is 4.99 Å². The zero-order valence-electron chi connectivity index (χ0n) is 11.0. The van der Waals surface area contributed by atoms with Gasteiger partial charge in [-0.15, -0.1) is 0 Å². The van der Waals surface area contributed by atoms with Crippen molar-refractivity contribution in [3.63, 3.8) is 0 Å². The lowest BCUT2D eigenvalue weighted by atomic mass is 10.1. The largest absolute Gasteiger partial charge is 0.389 e. The molecule has 0 aliphatic heterocycles. The van der Waals surface area contributed by atoms with Crippen LogP contribution in [0.3, 0.4) is 0 Å². The number of hydrogen-bond donors (Lipinski definition) is 2. The second kappa shape index (κ2) is 6.08. The molecule has 0 radical (unpaired) electrons. The first-order chi connectivity index (χ1) is 9.40. The Morgan fingerprint density at radius 1 is 1.35 bits per heavy atom. The minimum Gasteiger partial charge on any atom is -0.389 e. The highest BCUT2D eigenvalue weighted by molar-refractivity contribution is 9.10. The van der Waals surface area contributed by atoms with Crippen LogP contribution in [0.15, 0.2) is 28.7 Å². The van der Waals surface area contributed by atoms with Gasteiger partial charge < -0.3 is 11.1 Å². The lowest BCUT2D eigenvalue weighted by Crippen LogP contribution is -2.15. The summed E-state index contributed by atoms with van der Waals surface area (Å²) < 4.78 is 0.794. The van der Waals surface area contributed by atoms with Crippen molar-refractivity contribution < 1.29 is 0 Å². The van der Waals surface area contributed by atoms with E-state index in [4.69, 9.17) is 29.6 Å². The molecule has 0 saturated heterocycles. The van der Waals surface area contributed by atoms with Gasteiger partial charge in [-0.3, -0.25) is 4.98 Å². The van der Waals surface area contributed by atoms with Crippen LogP contribution in [-0.2, 0) is 0 Å². The third kappa shape index (κ3) is 3.11. The molecule has 20 heavy (non-hydrogen) atoms. The highest BCUT2D eigenvalue weighted by Gasteiger charge is 2.13. The summed E-state index contributed by atoms with van der Waals surface area (Å²) in [6.07, 6.45) is 0. The molecule has 2 aromatic rings. The van der Waals surface area contributed by atoms with E-state index in [1.165, 1.54) is 0 Å². The summed E-state index contributed by atoms with van der Waals surface area (Å²) in [6.45, 7) is 3.81. The maximum atomic E-state index is 6.10. The molecule has 0 aliphatic rings. The third-order valence-corrected chi connectivity index (χ3v) is 4.40. The number of halogens is 2. The van der Waals surface area contributed by atoms with Crippen LogP contribution in [0.2, 0.25) is 5.02 Å². The molecule has 2 rings (SSSR count). The molecule has 0 bridgehead atoms. The van der Waals surface area contributed by atoms with Crippen molar-refractivity contribution in [2.24, 2.45) is 5.73 Å². The molecule has 3 N–H and O–H groups in total. The normalized spacial score (nSPS) is 10.4. The summed E-state index contributed by atoms with van der Waals surface area (Å²) in [5.74, 6) is 0. The van der Waals surface area contributed by atoms with Gasteiger partial charge in [-0.25, -0.2) is 0 Å². The number of nitrogens with zero attached hydrogens (tertiary/aromatic N) is 1. The first kappa shape index (κ1) is 15.2. The summed E-state index contributed by atoms with van der Waals surface area (Å²) in [6, 6.07) is 7.52. The number of pyridine rings is 1. The highest BCUT2D eigenvalue weighted by atomic mass is 79.9. The Balaban J connectivity index is 2.53. The number of anilines is 2. The van der Waals surface area contributed by atoms with E-state index < -0.39 is 0 Å². The van der Waals surface area contributed by atoms with E-state index in [0.717, 1.165) is 32.8 Å². The van der Waals surface area contributed by atoms with E-state index in [-0.39, 0.29) is 0 Å². The summed E-state index contributed by atoms with van der Waals surface area (Å²) in [5.41, 5.74) is 9.92. The Hall–Kier alpha value is -1.17. The zero-order chi connectivity index (χ0) is 14.9. The predicted octanol–water partition coefficient (Wildman–Crippen LogP) is 4.49. The number of hydrogen-bond acceptors (Lipinski definition) is 3. The molecule has 1 aromatic heterocycles. The van der Waals surface area contributed by atoms with Gasteiger partial charge in [-0.05, 0) is 48.0 Å². The van der Waals surface area contributed by atoms with Gasteiger partial charge in [0, 0.05) is 11.4 Å². The lowest BCUT2D eigenvalue weighted by Gasteiger charge is -2.15. The number of aromatic nitrogens is 1. The van der Waals surface area contributed by atoms with Crippen LogP contribution in [0, 0.1) is 13.8 Å². The van der Waals surface area contributed by atoms with Crippen molar-refractivity contribution in [2.75, 3.05) is 5.32 Å². The topological polar surface area (TPSA) is 50.9 Å². The third-order valence-electron chi connectivity index (χ3n) is 2.80. The van der Waals surface area contributed by atoms with Crippen molar-refractivity contribution in [3.05, 3.63) is 50.7 Å². The van der Waals surface area contributed by atoms with Gasteiger partial charge >= 0.3 is 0 Å². The number of aryl methyl sites for hydroxylation is 2. The molecule has 0 fully saturated rings. The Morgan fingerprint density at radius 3 is 2.70 bits per heavy atom. The smallest absolute Gasteiger partial charge is 0.107 e. The van der Waals surface area contributed by atoms with Crippen molar-refractivity contribution >= 4 is 56.1 Å². The molecule has 0 unspecified atom stereocenters. The van der Waals surface area contributed by atoms with Crippen LogP contribution in [0.25, 0.3) is 0 Å². The molecular weight excluding hydrogens is 358 g/mol. The molecule has 0 aliphatic carbocycles. The monoisotopic (exact) mass is 369 g/mol. The Kier molecular flexibility index (Phi) is 4.62. The molecule has 0 atom stereocenters. The van der Waals surface area contributed by atoms with Crippen LogP contribution < -0.4 is 11.1 Å². The van der Waals surface area contributed by atoms with Crippen LogP contribution in [0.4, 0.5) is 11.4 Å². The molecular formula is C14H13BrClN3S. The second-order valence-electron chi connectivity index (χ2n) is 4.36. The fourth-order valence-electron chi connectivity index (χ4n) is 1.98. The molecule has 6 heteroatoms. The predicted molar refractivity (Wildman–Crippen MR) is 92.0 cm³/mol. The standard InChI is InChI=1S/C14H13BrClN3S/c1-7-6-11(12(14(17)20)8(2)18-7)19-10-5-3-4-9(16)13(10)15/h3-6H,1-2H3,(H2,17,20)(H,18,19). The molecule has 3 nitrogen and oxygen atoms in total. The number of nitrogens with one attached hydrogen (secondary N) is 1. The average Bonchev–Trinajstić information content (AvgIpc) is 2.33. The van der Waals surface area contributed by atoms with Gasteiger partial charge in [-0.1, -0.05) is 29.9 Å². The summed E-state index contributed by atoms with van der Waals surface area (Å²) in [4.78, 5) is 4.71. The molecule has 104 valence electrons. The van der Waals surface area contributed by atoms with E-state index in [1.54, 1.807) is 0 Å². The van der Waals surface area contributed by atoms with Crippen molar-refractivity contribution in [3.8, 4) is 0 Å². The number of rotatable bonds is 3. The summed E-state index contributed by atoms with van der Waals surface area (Å²) >= 11 is 14.7. The van der Waals surface area contributed by atoms with Gasteiger partial charge in [0.05, 0.1) is 26.4 Å². The summed E-state index contributed by atoms with van der Waals surface area (Å²) in [5, 5.41) is 3.94. The maximum Gasteiger partial charge on any atom is 0.107 e. The highest BCUT2D eigenvalue weighted by Crippen LogP contribution is 2.33. The van der Waals surface area contributed by atoms with Gasteiger partial charge in [-0.2, -0.15) is 0 Å². The maximum absolute atomic E-state index is 6.10. The molecule has 1 heterocycles. The Bertz CT molecular complexity index is 688. The first-order valence-electron chi connectivity index (χ1n) is 5.89. The number of nitrogens with two attached hydrogens (primary N) is 1. The van der Waals surface area contributed by atoms with Crippen LogP contribution in [0.5, 0.6) is 0 Å². The SMILES string of the molecule is Cc1cc(Nc2cccc(Cl)c2Br)c(C(N)=S)c(C)n1. The van der Waals surface area contributed by atoms with Gasteiger partial charge in [0.25, 0.3) is 0 Å². The fraction of sp³-hybridized carbons (Fsp3) is 0.143. The van der Waals surface area contributed by atoms with Crippen molar-refractivity contribution in [2.45, 2.75) is 13.8 Å². The van der Waals surface area contributed by atoms with E-state index >= 15 is 0 Å². The van der Waals surface area contributed by atoms with Crippen LogP contribution in [-0.4, -0.2) is 9.97 Å². The quantitative estimate of drug-likeness (QED) is 0.781. The Labute approximate surface area is 136 Å². The van der Waals surface area contributed by atoms with Crippen molar-refractivity contribution in [1.82, 2.24) is 4.98 Å². The van der Waals surface area contributed by atoms with Crippen molar-refractivity contribution in [1.29, 1.82) is 0 Å². The number of benzene rings is 1. The lowest BCUT2D eigenvalue weighted by molar-refractivity contribution is 1.11.